The van der Waals surface area contributed by atoms with Crippen LogP contribution in [0.5, 0.6) is 0 Å². The van der Waals surface area contributed by atoms with Crippen molar-refractivity contribution in [2.45, 2.75) is 19.3 Å². The minimum Gasteiger partial charge on any atom is -0.298 e. The van der Waals surface area contributed by atoms with Crippen molar-refractivity contribution in [3.8, 4) is 0 Å². The summed E-state index contributed by atoms with van der Waals surface area (Å²) < 4.78 is 37.7. The Hall–Kier alpha value is -1.03. The highest BCUT2D eigenvalue weighted by molar-refractivity contribution is 5.39. The molecule has 1 aromatic rings. The Bertz CT molecular complexity index is 357. The van der Waals surface area contributed by atoms with Crippen LogP contribution in [0.25, 0.3) is 0 Å². The zero-order valence-electron chi connectivity index (χ0n) is 7.73. The van der Waals surface area contributed by atoms with Crippen molar-refractivity contribution in [2.24, 2.45) is 0 Å². The molecule has 76 valence electrons. The minimum atomic E-state index is -4.23. The third kappa shape index (κ3) is 1.50. The van der Waals surface area contributed by atoms with Crippen LogP contribution in [-0.4, -0.2) is 11.9 Å². The lowest BCUT2D eigenvalue weighted by atomic mass is 10.0. The van der Waals surface area contributed by atoms with Gasteiger partial charge in [0, 0.05) is 13.1 Å². The van der Waals surface area contributed by atoms with Gasteiger partial charge in [-0.05, 0) is 24.2 Å². The van der Waals surface area contributed by atoms with E-state index in [4.69, 9.17) is 0 Å². The summed E-state index contributed by atoms with van der Waals surface area (Å²) in [5.74, 6) is 0. The molecule has 1 heterocycles. The molecule has 0 fully saturated rings. The van der Waals surface area contributed by atoms with Crippen LogP contribution in [0.4, 0.5) is 13.2 Å². The summed E-state index contributed by atoms with van der Waals surface area (Å²) in [7, 11) is 1.82. The summed E-state index contributed by atoms with van der Waals surface area (Å²) in [5.41, 5.74) is 0.740. The summed E-state index contributed by atoms with van der Waals surface area (Å²) in [6, 6.07) is 4.38. The van der Waals surface area contributed by atoms with Crippen LogP contribution < -0.4 is 0 Å². The molecule has 0 saturated carbocycles. The highest BCUT2D eigenvalue weighted by Crippen LogP contribution is 2.36. The van der Waals surface area contributed by atoms with Gasteiger partial charge in [0.1, 0.15) is 0 Å². The second-order valence-electron chi connectivity index (χ2n) is 3.61. The summed E-state index contributed by atoms with van der Waals surface area (Å²) in [4.78, 5) is 1.87. The van der Waals surface area contributed by atoms with E-state index in [0.29, 0.717) is 18.7 Å². The Balaban J connectivity index is 2.50. The van der Waals surface area contributed by atoms with Crippen LogP contribution in [0.2, 0.25) is 0 Å². The fraction of sp³-hybridized carbons (Fsp3) is 0.400. The van der Waals surface area contributed by atoms with E-state index < -0.39 is 11.7 Å². The molecule has 14 heavy (non-hydrogen) atoms. The lowest BCUT2D eigenvalue weighted by Crippen LogP contribution is -2.11. The molecule has 0 unspecified atom stereocenters. The number of nitrogens with zero attached hydrogens (tertiary/aromatic N) is 1. The van der Waals surface area contributed by atoms with Gasteiger partial charge in [0.15, 0.2) is 0 Å². The van der Waals surface area contributed by atoms with E-state index in [1.165, 1.54) is 6.07 Å². The molecule has 2 rings (SSSR count). The van der Waals surface area contributed by atoms with Gasteiger partial charge in [-0.15, -0.1) is 0 Å². The molecule has 0 N–H and O–H groups in total. The zero-order valence-corrected chi connectivity index (χ0v) is 7.73. The van der Waals surface area contributed by atoms with E-state index >= 15 is 0 Å². The maximum atomic E-state index is 12.6. The Labute approximate surface area is 80.1 Å². The van der Waals surface area contributed by atoms with Crippen molar-refractivity contribution < 1.29 is 13.2 Å². The average Bonchev–Trinajstić information content (AvgIpc) is 2.41. The predicted octanol–water partition coefficient (Wildman–Crippen LogP) is 2.65. The second-order valence-corrected chi connectivity index (χ2v) is 3.61. The Morgan fingerprint density at radius 3 is 2.57 bits per heavy atom. The summed E-state index contributed by atoms with van der Waals surface area (Å²) >= 11 is 0. The standard InChI is InChI=1S/C10H10F3N/c1-14-5-7-3-2-4-9(8(7)6-14)10(11,12)13/h2-4H,5-6H2,1H3. The first-order valence-corrected chi connectivity index (χ1v) is 4.35. The molecule has 0 aromatic heterocycles. The number of alkyl halides is 3. The van der Waals surface area contributed by atoms with E-state index in [9.17, 15) is 13.2 Å². The van der Waals surface area contributed by atoms with Gasteiger partial charge in [0.2, 0.25) is 0 Å². The minimum absolute atomic E-state index is 0.394. The quantitative estimate of drug-likeness (QED) is 0.623. The summed E-state index contributed by atoms with van der Waals surface area (Å²) in [5, 5.41) is 0. The summed E-state index contributed by atoms with van der Waals surface area (Å²) in [6.07, 6.45) is -4.23. The second kappa shape index (κ2) is 2.98. The Kier molecular flexibility index (Phi) is 2.03. The van der Waals surface area contributed by atoms with Crippen molar-refractivity contribution in [2.75, 3.05) is 7.05 Å². The first-order valence-electron chi connectivity index (χ1n) is 4.35. The maximum absolute atomic E-state index is 12.6. The van der Waals surface area contributed by atoms with E-state index in [1.54, 1.807) is 6.07 Å². The topological polar surface area (TPSA) is 3.24 Å². The fourth-order valence-corrected chi connectivity index (χ4v) is 1.85. The molecule has 1 nitrogen and oxygen atoms in total. The van der Waals surface area contributed by atoms with Gasteiger partial charge in [-0.25, -0.2) is 0 Å². The molecule has 1 aliphatic heterocycles. The largest absolute Gasteiger partial charge is 0.416 e. The van der Waals surface area contributed by atoms with Crippen LogP contribution in [0.1, 0.15) is 16.7 Å². The number of hydrogen-bond donors (Lipinski definition) is 0. The average molecular weight is 201 g/mol. The number of benzene rings is 1. The van der Waals surface area contributed by atoms with E-state index in [2.05, 4.69) is 0 Å². The molecule has 0 saturated heterocycles. The normalized spacial score (nSPS) is 17.1. The number of halogens is 3. The maximum Gasteiger partial charge on any atom is 0.416 e. The van der Waals surface area contributed by atoms with Crippen molar-refractivity contribution in [1.29, 1.82) is 0 Å². The van der Waals surface area contributed by atoms with Gasteiger partial charge >= 0.3 is 6.18 Å². The molecular formula is C10H10F3N. The molecular weight excluding hydrogens is 191 g/mol. The van der Waals surface area contributed by atoms with Gasteiger partial charge in [0.05, 0.1) is 5.56 Å². The fourth-order valence-electron chi connectivity index (χ4n) is 1.85. The molecule has 1 aliphatic rings. The molecule has 4 heteroatoms. The molecule has 0 bridgehead atoms. The lowest BCUT2D eigenvalue weighted by Gasteiger charge is -2.11. The Morgan fingerprint density at radius 2 is 1.93 bits per heavy atom. The zero-order chi connectivity index (χ0) is 10.3. The monoisotopic (exact) mass is 201 g/mol. The first kappa shape index (κ1) is 9.52. The molecule has 0 spiro atoms. The van der Waals surface area contributed by atoms with Crippen LogP contribution in [0, 0.1) is 0 Å². The molecule has 1 aromatic carbocycles. The third-order valence-electron chi connectivity index (χ3n) is 2.45. The Morgan fingerprint density at radius 1 is 1.21 bits per heavy atom. The van der Waals surface area contributed by atoms with Crippen molar-refractivity contribution in [1.82, 2.24) is 4.90 Å². The van der Waals surface area contributed by atoms with Crippen molar-refractivity contribution in [3.05, 3.63) is 34.9 Å². The predicted molar refractivity (Wildman–Crippen MR) is 46.6 cm³/mol. The first-order chi connectivity index (χ1) is 6.48. The number of fused-ring (bicyclic) bond motifs is 1. The number of rotatable bonds is 0. The van der Waals surface area contributed by atoms with Gasteiger partial charge in [0.25, 0.3) is 0 Å². The van der Waals surface area contributed by atoms with Gasteiger partial charge in [-0.3, -0.25) is 4.90 Å². The molecule has 0 radical (unpaired) electrons. The van der Waals surface area contributed by atoms with Crippen LogP contribution in [0.3, 0.4) is 0 Å². The number of hydrogen-bond acceptors (Lipinski definition) is 1. The highest BCUT2D eigenvalue weighted by atomic mass is 19.4. The third-order valence-corrected chi connectivity index (χ3v) is 2.45. The summed E-state index contributed by atoms with van der Waals surface area (Å²) in [6.45, 7) is 1.00. The van der Waals surface area contributed by atoms with E-state index in [1.807, 2.05) is 11.9 Å². The smallest absolute Gasteiger partial charge is 0.298 e. The van der Waals surface area contributed by atoms with Crippen molar-refractivity contribution >= 4 is 0 Å². The SMILES string of the molecule is CN1Cc2cccc(C(F)(F)F)c2C1. The van der Waals surface area contributed by atoms with Crippen molar-refractivity contribution in [3.63, 3.8) is 0 Å². The van der Waals surface area contributed by atoms with E-state index in [-0.39, 0.29) is 0 Å². The van der Waals surface area contributed by atoms with Gasteiger partial charge in [-0.2, -0.15) is 13.2 Å². The lowest BCUT2D eigenvalue weighted by molar-refractivity contribution is -0.138. The van der Waals surface area contributed by atoms with Gasteiger partial charge in [-0.1, -0.05) is 12.1 Å². The van der Waals surface area contributed by atoms with Crippen LogP contribution in [-0.2, 0) is 19.3 Å². The molecule has 0 atom stereocenters. The highest BCUT2D eigenvalue weighted by Gasteiger charge is 2.35. The van der Waals surface area contributed by atoms with Crippen LogP contribution >= 0.6 is 0 Å². The molecule has 0 amide bonds. The van der Waals surface area contributed by atoms with E-state index in [0.717, 1.165) is 11.6 Å². The van der Waals surface area contributed by atoms with Crippen LogP contribution in [0.15, 0.2) is 18.2 Å². The van der Waals surface area contributed by atoms with Gasteiger partial charge < -0.3 is 0 Å². The molecule has 0 aliphatic carbocycles.